The van der Waals surface area contributed by atoms with Crippen molar-refractivity contribution < 1.29 is 14.7 Å². The topological polar surface area (TPSA) is 83.6 Å². The molecule has 1 atom stereocenters. The van der Waals surface area contributed by atoms with E-state index in [2.05, 4.69) is 0 Å². The van der Waals surface area contributed by atoms with Gasteiger partial charge in [0.2, 0.25) is 5.91 Å². The maximum Gasteiger partial charge on any atom is 0.326 e. The number of carbonyl (C=O) groups excluding carboxylic acids is 1. The van der Waals surface area contributed by atoms with Crippen molar-refractivity contribution >= 4 is 17.6 Å². The Balaban J connectivity index is 2.23. The van der Waals surface area contributed by atoms with Gasteiger partial charge in [0.15, 0.2) is 0 Å². The van der Waals surface area contributed by atoms with Crippen LogP contribution < -0.4 is 5.73 Å². The minimum absolute atomic E-state index is 0.132. The van der Waals surface area contributed by atoms with E-state index in [0.29, 0.717) is 5.69 Å². The molecule has 0 aromatic heterocycles. The van der Waals surface area contributed by atoms with Gasteiger partial charge in [-0.1, -0.05) is 12.1 Å². The van der Waals surface area contributed by atoms with E-state index in [0.717, 1.165) is 18.4 Å². The number of likely N-dealkylation sites (N-methyl/N-ethyl adjacent to an activating group) is 1. The highest BCUT2D eigenvalue weighted by Gasteiger charge is 2.53. The first-order valence-corrected chi connectivity index (χ1v) is 6.24. The second-order valence-electron chi connectivity index (χ2n) is 5.13. The third-order valence-electron chi connectivity index (χ3n) is 3.88. The number of carbonyl (C=O) groups is 2. The molecule has 0 radical (unpaired) electrons. The minimum atomic E-state index is -0.996. The standard InChI is InChI=1S/C14H18N2O3/c1-9(12(17)18)16(2)13(19)14(7-8-14)10-3-5-11(15)6-4-10/h3-6,9H,7-8,15H2,1-2H3,(H,17,18). The van der Waals surface area contributed by atoms with Gasteiger partial charge >= 0.3 is 5.97 Å². The van der Waals surface area contributed by atoms with Crippen LogP contribution in [-0.2, 0) is 15.0 Å². The number of nitrogens with zero attached hydrogens (tertiary/aromatic N) is 1. The van der Waals surface area contributed by atoms with Crippen molar-refractivity contribution in [1.82, 2.24) is 4.90 Å². The fourth-order valence-electron chi connectivity index (χ4n) is 2.23. The van der Waals surface area contributed by atoms with Crippen LogP contribution in [0.5, 0.6) is 0 Å². The summed E-state index contributed by atoms with van der Waals surface area (Å²) in [6.45, 7) is 1.51. The van der Waals surface area contributed by atoms with Crippen molar-refractivity contribution in [3.63, 3.8) is 0 Å². The van der Waals surface area contributed by atoms with Crippen LogP contribution in [-0.4, -0.2) is 35.0 Å². The average Bonchev–Trinajstić information content (AvgIpc) is 3.18. The van der Waals surface area contributed by atoms with Crippen LogP contribution in [0.25, 0.3) is 0 Å². The molecular weight excluding hydrogens is 244 g/mol. The summed E-state index contributed by atoms with van der Waals surface area (Å²) in [4.78, 5) is 24.8. The Hall–Kier alpha value is -2.04. The van der Waals surface area contributed by atoms with Crippen LogP contribution in [0, 0.1) is 0 Å². The molecule has 0 heterocycles. The second-order valence-corrected chi connectivity index (χ2v) is 5.13. The Labute approximate surface area is 112 Å². The zero-order valence-electron chi connectivity index (χ0n) is 11.1. The fraction of sp³-hybridized carbons (Fsp3) is 0.429. The SMILES string of the molecule is CC(C(=O)O)N(C)C(=O)C1(c2ccc(N)cc2)CC1. The number of nitrogens with two attached hydrogens (primary N) is 1. The molecule has 5 nitrogen and oxygen atoms in total. The molecule has 1 unspecified atom stereocenters. The number of anilines is 1. The maximum atomic E-state index is 12.5. The van der Waals surface area contributed by atoms with Crippen LogP contribution in [0.3, 0.4) is 0 Å². The summed E-state index contributed by atoms with van der Waals surface area (Å²) in [6.07, 6.45) is 1.51. The second kappa shape index (κ2) is 4.57. The number of hydrogen-bond acceptors (Lipinski definition) is 3. The lowest BCUT2D eigenvalue weighted by molar-refractivity contribution is -0.149. The van der Waals surface area contributed by atoms with E-state index in [1.165, 1.54) is 11.8 Å². The summed E-state index contributed by atoms with van der Waals surface area (Å²) in [5.41, 5.74) is 6.66. The lowest BCUT2D eigenvalue weighted by Gasteiger charge is -2.27. The van der Waals surface area contributed by atoms with Crippen LogP contribution in [0.4, 0.5) is 5.69 Å². The molecule has 5 heteroatoms. The van der Waals surface area contributed by atoms with E-state index in [1.807, 2.05) is 12.1 Å². The lowest BCUT2D eigenvalue weighted by atomic mass is 9.93. The average molecular weight is 262 g/mol. The molecule has 19 heavy (non-hydrogen) atoms. The largest absolute Gasteiger partial charge is 0.480 e. The first kappa shape index (κ1) is 13.4. The van der Waals surface area contributed by atoms with Crippen LogP contribution in [0.1, 0.15) is 25.3 Å². The van der Waals surface area contributed by atoms with E-state index in [4.69, 9.17) is 10.8 Å². The van der Waals surface area contributed by atoms with Gasteiger partial charge in [0, 0.05) is 12.7 Å². The fourth-order valence-corrected chi connectivity index (χ4v) is 2.23. The first-order valence-electron chi connectivity index (χ1n) is 6.24. The summed E-state index contributed by atoms with van der Waals surface area (Å²) in [7, 11) is 1.54. The quantitative estimate of drug-likeness (QED) is 0.799. The molecule has 0 aliphatic heterocycles. The van der Waals surface area contributed by atoms with Crippen LogP contribution in [0.2, 0.25) is 0 Å². The Kier molecular flexibility index (Phi) is 3.22. The Bertz CT molecular complexity index is 506. The summed E-state index contributed by atoms with van der Waals surface area (Å²) in [5, 5.41) is 8.98. The number of aliphatic carboxylic acids is 1. The van der Waals surface area contributed by atoms with Gasteiger partial charge in [0.25, 0.3) is 0 Å². The van der Waals surface area contributed by atoms with Crippen LogP contribution >= 0.6 is 0 Å². The molecule has 1 aromatic rings. The Morgan fingerprint density at radius 3 is 2.26 bits per heavy atom. The number of hydrogen-bond donors (Lipinski definition) is 2. The molecule has 2 rings (SSSR count). The van der Waals surface area contributed by atoms with Gasteiger partial charge in [0.05, 0.1) is 5.41 Å². The zero-order valence-corrected chi connectivity index (χ0v) is 11.1. The summed E-state index contributed by atoms with van der Waals surface area (Å²) < 4.78 is 0. The van der Waals surface area contributed by atoms with Crippen molar-refractivity contribution in [2.45, 2.75) is 31.2 Å². The summed E-state index contributed by atoms with van der Waals surface area (Å²) >= 11 is 0. The zero-order chi connectivity index (χ0) is 14.2. The monoisotopic (exact) mass is 262 g/mol. The highest BCUT2D eigenvalue weighted by atomic mass is 16.4. The summed E-state index contributed by atoms with van der Waals surface area (Å²) in [5.74, 6) is -1.13. The van der Waals surface area contributed by atoms with Crippen LogP contribution in [0.15, 0.2) is 24.3 Å². The molecule has 0 saturated heterocycles. The van der Waals surface area contributed by atoms with Gasteiger partial charge < -0.3 is 15.7 Å². The first-order chi connectivity index (χ1) is 8.88. The summed E-state index contributed by atoms with van der Waals surface area (Å²) in [6, 6.07) is 6.41. The van der Waals surface area contributed by atoms with Crippen molar-refractivity contribution in [2.75, 3.05) is 12.8 Å². The third kappa shape index (κ3) is 2.28. The van der Waals surface area contributed by atoms with Gasteiger partial charge in [-0.05, 0) is 37.5 Å². The smallest absolute Gasteiger partial charge is 0.326 e. The molecule has 3 N–H and O–H groups in total. The third-order valence-corrected chi connectivity index (χ3v) is 3.88. The predicted octanol–water partition coefficient (Wildman–Crippen LogP) is 1.23. The number of benzene rings is 1. The molecule has 0 spiro atoms. The molecule has 102 valence electrons. The Morgan fingerprint density at radius 2 is 1.84 bits per heavy atom. The number of rotatable bonds is 4. The van der Waals surface area contributed by atoms with E-state index in [1.54, 1.807) is 19.2 Å². The highest BCUT2D eigenvalue weighted by molar-refractivity contribution is 5.93. The number of carboxylic acids is 1. The highest BCUT2D eigenvalue weighted by Crippen LogP contribution is 2.49. The maximum absolute atomic E-state index is 12.5. The van der Waals surface area contributed by atoms with E-state index >= 15 is 0 Å². The molecule has 1 aromatic carbocycles. The number of carboxylic acid groups (broad SMARTS) is 1. The van der Waals surface area contributed by atoms with E-state index < -0.39 is 17.4 Å². The molecule has 1 aliphatic carbocycles. The normalized spacial score (nSPS) is 17.6. The number of nitrogen functional groups attached to an aromatic ring is 1. The molecule has 1 saturated carbocycles. The van der Waals surface area contributed by atoms with Gasteiger partial charge in [0.1, 0.15) is 6.04 Å². The van der Waals surface area contributed by atoms with Gasteiger partial charge in [-0.3, -0.25) is 4.79 Å². The van der Waals surface area contributed by atoms with Gasteiger partial charge in [-0.25, -0.2) is 4.79 Å². The van der Waals surface area contributed by atoms with Crippen molar-refractivity contribution in [3.8, 4) is 0 Å². The molecule has 1 fully saturated rings. The van der Waals surface area contributed by atoms with Gasteiger partial charge in [-0.2, -0.15) is 0 Å². The predicted molar refractivity (Wildman–Crippen MR) is 71.6 cm³/mol. The van der Waals surface area contributed by atoms with Crippen molar-refractivity contribution in [1.29, 1.82) is 0 Å². The van der Waals surface area contributed by atoms with E-state index in [-0.39, 0.29) is 5.91 Å². The van der Waals surface area contributed by atoms with Crippen molar-refractivity contribution in [2.24, 2.45) is 0 Å². The molecule has 0 bridgehead atoms. The Morgan fingerprint density at radius 1 is 1.32 bits per heavy atom. The molecule has 1 amide bonds. The van der Waals surface area contributed by atoms with E-state index in [9.17, 15) is 9.59 Å². The van der Waals surface area contributed by atoms with Gasteiger partial charge in [-0.15, -0.1) is 0 Å². The van der Waals surface area contributed by atoms with Crippen molar-refractivity contribution in [3.05, 3.63) is 29.8 Å². The minimum Gasteiger partial charge on any atom is -0.480 e. The molecular formula is C14H18N2O3. The lowest BCUT2D eigenvalue weighted by Crippen LogP contribution is -2.45. The molecule has 1 aliphatic rings. The number of amides is 1.